The van der Waals surface area contributed by atoms with Gasteiger partial charge in [-0.2, -0.15) is 0 Å². The molecule has 1 aromatic carbocycles. The Morgan fingerprint density at radius 3 is 3.00 bits per heavy atom. The molecule has 1 aromatic rings. The van der Waals surface area contributed by atoms with Crippen molar-refractivity contribution >= 4 is 11.6 Å². The summed E-state index contributed by atoms with van der Waals surface area (Å²) in [6, 6.07) is 4.55. The number of halogens is 2. The smallest absolute Gasteiger partial charge is 0.165 e. The van der Waals surface area contributed by atoms with E-state index in [1.165, 1.54) is 6.07 Å². The van der Waals surface area contributed by atoms with Gasteiger partial charge in [0.2, 0.25) is 0 Å². The van der Waals surface area contributed by atoms with Gasteiger partial charge >= 0.3 is 0 Å². The summed E-state index contributed by atoms with van der Waals surface area (Å²) in [5, 5.41) is 0. The highest BCUT2D eigenvalue weighted by molar-refractivity contribution is 6.19. The Morgan fingerprint density at radius 1 is 1.47 bits per heavy atom. The lowest BCUT2D eigenvalue weighted by atomic mass is 10.2. The topological polar surface area (TPSA) is 18.5 Å². The van der Waals surface area contributed by atoms with Crippen LogP contribution in [0.3, 0.4) is 0 Å². The van der Waals surface area contributed by atoms with Crippen LogP contribution in [-0.2, 0) is 4.74 Å². The lowest BCUT2D eigenvalue weighted by Crippen LogP contribution is -2.18. The van der Waals surface area contributed by atoms with E-state index in [-0.39, 0.29) is 29.7 Å². The lowest BCUT2D eigenvalue weighted by Gasteiger charge is -2.13. The highest BCUT2D eigenvalue weighted by atomic mass is 35.5. The van der Waals surface area contributed by atoms with E-state index >= 15 is 0 Å². The Morgan fingerprint density at radius 2 is 2.32 bits per heavy atom. The summed E-state index contributed by atoms with van der Waals surface area (Å²) < 4.78 is 24.7. The second kappa shape index (κ2) is 6.79. The first-order valence-electron chi connectivity index (χ1n) is 6.31. The van der Waals surface area contributed by atoms with Gasteiger partial charge in [0.25, 0.3) is 0 Å². The quantitative estimate of drug-likeness (QED) is 0.625. The Balaban J connectivity index is 1.98. The maximum Gasteiger partial charge on any atom is 0.165 e. The number of ether oxygens (including phenoxy) is 2. The summed E-state index contributed by atoms with van der Waals surface area (Å²) >= 11 is 5.49. The standard InChI is InChI=1S/C15H16ClFO2/c1-11-4-6-13(19-11)10-18-15-9-12(3-2-8-16)5-7-14(15)17/h5,7,9,11,13H,4,6,8,10H2,1H3. The number of rotatable bonds is 3. The second-order valence-corrected chi connectivity index (χ2v) is 4.80. The van der Waals surface area contributed by atoms with Crippen LogP contribution in [0.2, 0.25) is 0 Å². The van der Waals surface area contributed by atoms with E-state index in [9.17, 15) is 4.39 Å². The zero-order valence-electron chi connectivity index (χ0n) is 10.8. The van der Waals surface area contributed by atoms with E-state index in [2.05, 4.69) is 11.8 Å². The monoisotopic (exact) mass is 282 g/mol. The van der Waals surface area contributed by atoms with Crippen molar-refractivity contribution in [1.82, 2.24) is 0 Å². The molecule has 0 amide bonds. The van der Waals surface area contributed by atoms with Gasteiger partial charge in [0.15, 0.2) is 11.6 Å². The van der Waals surface area contributed by atoms with Crippen molar-refractivity contribution in [1.29, 1.82) is 0 Å². The van der Waals surface area contributed by atoms with Crippen LogP contribution in [0, 0.1) is 17.7 Å². The van der Waals surface area contributed by atoms with Gasteiger partial charge in [0.1, 0.15) is 6.61 Å². The summed E-state index contributed by atoms with van der Waals surface area (Å²) in [5.41, 5.74) is 0.692. The van der Waals surface area contributed by atoms with Gasteiger partial charge in [-0.15, -0.1) is 11.6 Å². The normalized spacial score (nSPS) is 21.8. The van der Waals surface area contributed by atoms with Gasteiger partial charge < -0.3 is 9.47 Å². The van der Waals surface area contributed by atoms with Gasteiger partial charge in [-0.05, 0) is 38.0 Å². The molecule has 2 atom stereocenters. The minimum absolute atomic E-state index is 0.0481. The average molecular weight is 283 g/mol. The summed E-state index contributed by atoms with van der Waals surface area (Å²) in [5.74, 6) is 5.64. The van der Waals surface area contributed by atoms with E-state index in [4.69, 9.17) is 21.1 Å². The van der Waals surface area contributed by atoms with Crippen LogP contribution < -0.4 is 4.74 Å². The zero-order valence-corrected chi connectivity index (χ0v) is 11.5. The molecule has 2 nitrogen and oxygen atoms in total. The highest BCUT2D eigenvalue weighted by Crippen LogP contribution is 2.22. The Bertz CT molecular complexity index is 493. The predicted octanol–water partition coefficient (Wildman–Crippen LogP) is 3.36. The third-order valence-electron chi connectivity index (χ3n) is 2.98. The van der Waals surface area contributed by atoms with Crippen molar-refractivity contribution in [2.75, 3.05) is 12.5 Å². The van der Waals surface area contributed by atoms with Crippen LogP contribution in [0.4, 0.5) is 4.39 Å². The van der Waals surface area contributed by atoms with Crippen molar-refractivity contribution in [2.45, 2.75) is 32.0 Å². The summed E-state index contributed by atoms with van der Waals surface area (Å²) in [6.07, 6.45) is 2.29. The molecule has 1 aliphatic heterocycles. The van der Waals surface area contributed by atoms with Gasteiger partial charge in [-0.25, -0.2) is 4.39 Å². The van der Waals surface area contributed by atoms with Crippen molar-refractivity contribution in [3.05, 3.63) is 29.6 Å². The molecule has 0 N–H and O–H groups in total. The van der Waals surface area contributed by atoms with Gasteiger partial charge in [-0.3, -0.25) is 0 Å². The summed E-state index contributed by atoms with van der Waals surface area (Å²) in [4.78, 5) is 0. The molecule has 0 aliphatic carbocycles. The van der Waals surface area contributed by atoms with E-state index in [0.29, 0.717) is 12.2 Å². The molecular formula is C15H16ClFO2. The maximum atomic E-state index is 13.6. The van der Waals surface area contributed by atoms with Gasteiger partial charge in [-0.1, -0.05) is 11.8 Å². The maximum absolute atomic E-state index is 13.6. The van der Waals surface area contributed by atoms with E-state index in [1.54, 1.807) is 12.1 Å². The fourth-order valence-corrected chi connectivity index (χ4v) is 2.08. The van der Waals surface area contributed by atoms with Crippen LogP contribution in [-0.4, -0.2) is 24.7 Å². The summed E-state index contributed by atoms with van der Waals surface area (Å²) in [6.45, 7) is 2.40. The lowest BCUT2D eigenvalue weighted by molar-refractivity contribution is 0.0256. The molecule has 0 aromatic heterocycles. The molecule has 0 spiro atoms. The molecule has 0 radical (unpaired) electrons. The minimum Gasteiger partial charge on any atom is -0.488 e. The van der Waals surface area contributed by atoms with Crippen LogP contribution in [0.1, 0.15) is 25.3 Å². The zero-order chi connectivity index (χ0) is 13.7. The van der Waals surface area contributed by atoms with Crippen molar-refractivity contribution in [3.8, 4) is 17.6 Å². The third kappa shape index (κ3) is 4.12. The molecule has 1 heterocycles. The first kappa shape index (κ1) is 14.2. The highest BCUT2D eigenvalue weighted by Gasteiger charge is 2.22. The Hall–Kier alpha value is -1.24. The second-order valence-electron chi connectivity index (χ2n) is 4.54. The molecule has 1 fully saturated rings. The first-order chi connectivity index (χ1) is 9.19. The molecule has 4 heteroatoms. The molecule has 19 heavy (non-hydrogen) atoms. The van der Waals surface area contributed by atoms with Gasteiger partial charge in [0.05, 0.1) is 18.1 Å². The minimum atomic E-state index is -0.387. The van der Waals surface area contributed by atoms with Gasteiger partial charge in [0, 0.05) is 5.56 Å². The number of benzene rings is 1. The predicted molar refractivity (Wildman–Crippen MR) is 73.1 cm³/mol. The van der Waals surface area contributed by atoms with Crippen LogP contribution in [0.5, 0.6) is 5.75 Å². The SMILES string of the molecule is CC1CCC(COc2cc(C#CCCl)ccc2F)O1. The molecule has 102 valence electrons. The van der Waals surface area contributed by atoms with E-state index < -0.39 is 0 Å². The Labute approximate surface area is 117 Å². The number of hydrogen-bond acceptors (Lipinski definition) is 2. The van der Waals surface area contributed by atoms with E-state index in [1.807, 2.05) is 6.92 Å². The van der Waals surface area contributed by atoms with E-state index in [0.717, 1.165) is 12.8 Å². The Kier molecular flexibility index (Phi) is 5.07. The molecule has 0 bridgehead atoms. The van der Waals surface area contributed by atoms with Crippen LogP contribution in [0.25, 0.3) is 0 Å². The molecule has 1 saturated heterocycles. The van der Waals surface area contributed by atoms with Crippen LogP contribution in [0.15, 0.2) is 18.2 Å². The fourth-order valence-electron chi connectivity index (χ4n) is 2.02. The average Bonchev–Trinajstić information content (AvgIpc) is 2.82. The molecular weight excluding hydrogens is 267 g/mol. The molecule has 2 unspecified atom stereocenters. The third-order valence-corrected chi connectivity index (χ3v) is 3.11. The largest absolute Gasteiger partial charge is 0.488 e. The first-order valence-corrected chi connectivity index (χ1v) is 6.85. The molecule has 0 saturated carbocycles. The van der Waals surface area contributed by atoms with Crippen molar-refractivity contribution in [3.63, 3.8) is 0 Å². The van der Waals surface area contributed by atoms with Crippen molar-refractivity contribution < 1.29 is 13.9 Å². The number of alkyl halides is 1. The molecule has 2 rings (SSSR count). The number of hydrogen-bond donors (Lipinski definition) is 0. The fraction of sp³-hybridized carbons (Fsp3) is 0.467. The summed E-state index contributed by atoms with van der Waals surface area (Å²) in [7, 11) is 0. The van der Waals surface area contributed by atoms with Crippen molar-refractivity contribution in [2.24, 2.45) is 0 Å². The van der Waals surface area contributed by atoms with Crippen LogP contribution >= 0.6 is 11.6 Å². The molecule has 1 aliphatic rings.